The normalized spacial score (nSPS) is 20.6. The number of hydrogen-bond donors (Lipinski definition) is 0. The smallest absolute Gasteiger partial charge is 0.350 e. The molecule has 0 radical (unpaired) electrons. The number of hydrogen-bond acceptors (Lipinski definition) is 8. The van der Waals surface area contributed by atoms with E-state index in [2.05, 4.69) is 51.4 Å². The Hall–Kier alpha value is -4.45. The Morgan fingerprint density at radius 3 is 2.38 bits per heavy atom. The van der Waals surface area contributed by atoms with Gasteiger partial charge in [0.15, 0.2) is 0 Å². The molecule has 2 aromatic heterocycles. The van der Waals surface area contributed by atoms with Crippen molar-refractivity contribution < 1.29 is 14.2 Å². The van der Waals surface area contributed by atoms with Crippen LogP contribution < -0.4 is 15.3 Å². The number of benzene rings is 3. The second-order valence-electron chi connectivity index (χ2n) is 12.5. The van der Waals surface area contributed by atoms with Gasteiger partial charge < -0.3 is 19.1 Å². The van der Waals surface area contributed by atoms with Crippen LogP contribution >= 0.6 is 11.6 Å². The standard InChI is InChI=1S/C36H40ClN7O4/c1-3-26(2)44-35(45)42(25-40-44)30-12-10-29(11-13-30)41-20-16-28(17-21-41)27-8-14-31(15-9-27)46-22-32-23-47-36(48-32,24-43-38-18-19-39-43)33-6-4-5-7-34(33)37/h4-15,18-19,25-26,28,32H,3,16-17,20-24H2,1-2H3/t26?,32-,36-/m1/s1. The van der Waals surface area contributed by atoms with Crippen LogP contribution in [0.5, 0.6) is 5.75 Å². The summed E-state index contributed by atoms with van der Waals surface area (Å²) in [5.41, 5.74) is 3.95. The van der Waals surface area contributed by atoms with Gasteiger partial charge in [0.25, 0.3) is 0 Å². The Balaban J connectivity index is 0.921. The van der Waals surface area contributed by atoms with Crippen molar-refractivity contribution in [3.05, 3.63) is 118 Å². The summed E-state index contributed by atoms with van der Waals surface area (Å²) in [4.78, 5) is 16.8. The number of piperidine rings is 1. The first-order valence-corrected chi connectivity index (χ1v) is 17.0. The molecule has 0 N–H and O–H groups in total. The zero-order valence-electron chi connectivity index (χ0n) is 27.2. The third-order valence-electron chi connectivity index (χ3n) is 9.44. The van der Waals surface area contributed by atoms with Crippen LogP contribution in [0.3, 0.4) is 0 Å². The van der Waals surface area contributed by atoms with Crippen molar-refractivity contribution in [3.63, 3.8) is 0 Å². The molecule has 2 aliphatic heterocycles. The molecule has 1 unspecified atom stereocenters. The molecule has 12 heteroatoms. The lowest BCUT2D eigenvalue weighted by atomic mass is 9.89. The summed E-state index contributed by atoms with van der Waals surface area (Å²) in [6, 6.07) is 24.2. The predicted molar refractivity (Wildman–Crippen MR) is 183 cm³/mol. The molecular weight excluding hydrogens is 630 g/mol. The summed E-state index contributed by atoms with van der Waals surface area (Å²) < 4.78 is 22.0. The molecule has 7 rings (SSSR count). The van der Waals surface area contributed by atoms with Crippen molar-refractivity contribution in [1.82, 2.24) is 29.3 Å². The second kappa shape index (κ2) is 14.0. The molecular formula is C36H40ClN7O4. The van der Waals surface area contributed by atoms with E-state index in [9.17, 15) is 4.79 Å². The third-order valence-corrected chi connectivity index (χ3v) is 9.77. The molecule has 11 nitrogen and oxygen atoms in total. The Labute approximate surface area is 284 Å². The number of halogens is 1. The van der Waals surface area contributed by atoms with E-state index in [4.69, 9.17) is 25.8 Å². The van der Waals surface area contributed by atoms with E-state index < -0.39 is 5.79 Å². The molecule has 4 heterocycles. The van der Waals surface area contributed by atoms with Crippen molar-refractivity contribution in [2.75, 3.05) is 31.2 Å². The lowest BCUT2D eigenvalue weighted by Crippen LogP contribution is -2.35. The number of nitrogens with zero attached hydrogens (tertiary/aromatic N) is 7. The highest BCUT2D eigenvalue weighted by Gasteiger charge is 2.46. The van der Waals surface area contributed by atoms with E-state index in [1.165, 1.54) is 11.3 Å². The van der Waals surface area contributed by atoms with Crippen molar-refractivity contribution >= 4 is 17.3 Å². The summed E-state index contributed by atoms with van der Waals surface area (Å²) in [6.07, 6.45) is 7.54. The quantitative estimate of drug-likeness (QED) is 0.169. The summed E-state index contributed by atoms with van der Waals surface area (Å²) >= 11 is 6.56. The van der Waals surface area contributed by atoms with Gasteiger partial charge in [-0.25, -0.2) is 14.0 Å². The Morgan fingerprint density at radius 2 is 1.67 bits per heavy atom. The minimum atomic E-state index is -1.11. The van der Waals surface area contributed by atoms with Gasteiger partial charge in [0.2, 0.25) is 5.79 Å². The molecule has 0 spiro atoms. The average molecular weight is 670 g/mol. The zero-order valence-corrected chi connectivity index (χ0v) is 27.9. The molecule has 2 saturated heterocycles. The van der Waals surface area contributed by atoms with E-state index in [1.807, 2.05) is 55.5 Å². The Kier molecular flexibility index (Phi) is 9.34. The molecule has 2 fully saturated rings. The first-order valence-electron chi connectivity index (χ1n) is 16.6. The number of anilines is 1. The van der Waals surface area contributed by atoms with Gasteiger partial charge in [-0.3, -0.25) is 0 Å². The lowest BCUT2D eigenvalue weighted by Gasteiger charge is -2.34. The van der Waals surface area contributed by atoms with E-state index in [1.54, 1.807) is 32.8 Å². The van der Waals surface area contributed by atoms with Gasteiger partial charge in [-0.15, -0.1) is 0 Å². The minimum absolute atomic E-state index is 0.0725. The molecule has 3 atom stereocenters. The first kappa shape index (κ1) is 32.1. The van der Waals surface area contributed by atoms with Crippen LogP contribution in [-0.4, -0.2) is 61.7 Å². The van der Waals surface area contributed by atoms with Crippen LogP contribution in [0.1, 0.15) is 56.2 Å². The van der Waals surface area contributed by atoms with E-state index >= 15 is 0 Å². The highest BCUT2D eigenvalue weighted by Crippen LogP contribution is 2.39. The monoisotopic (exact) mass is 669 g/mol. The van der Waals surface area contributed by atoms with Gasteiger partial charge in [-0.05, 0) is 80.1 Å². The zero-order chi connectivity index (χ0) is 33.1. The minimum Gasteiger partial charge on any atom is -0.491 e. The topological polar surface area (TPSA) is 101 Å². The summed E-state index contributed by atoms with van der Waals surface area (Å²) in [6.45, 7) is 6.95. The molecule has 250 valence electrons. The van der Waals surface area contributed by atoms with Crippen molar-refractivity contribution in [2.24, 2.45) is 0 Å². The fourth-order valence-corrected chi connectivity index (χ4v) is 6.81. The van der Waals surface area contributed by atoms with Crippen LogP contribution in [0.2, 0.25) is 5.02 Å². The Morgan fingerprint density at radius 1 is 0.958 bits per heavy atom. The van der Waals surface area contributed by atoms with Crippen LogP contribution in [0.25, 0.3) is 5.69 Å². The number of ether oxygens (including phenoxy) is 3. The van der Waals surface area contributed by atoms with E-state index in [-0.39, 0.29) is 24.4 Å². The third kappa shape index (κ3) is 6.63. The molecule has 2 aliphatic rings. The summed E-state index contributed by atoms with van der Waals surface area (Å²) in [5.74, 6) is 0.166. The molecule has 0 saturated carbocycles. The molecule has 0 amide bonds. The maximum Gasteiger partial charge on any atom is 0.350 e. The van der Waals surface area contributed by atoms with Crippen molar-refractivity contribution in [2.45, 2.75) is 63.5 Å². The highest BCUT2D eigenvalue weighted by molar-refractivity contribution is 6.31. The van der Waals surface area contributed by atoms with Crippen LogP contribution in [-0.2, 0) is 21.8 Å². The largest absolute Gasteiger partial charge is 0.491 e. The fourth-order valence-electron chi connectivity index (χ4n) is 6.53. The molecule has 5 aromatic rings. The molecule has 3 aromatic carbocycles. The van der Waals surface area contributed by atoms with Crippen LogP contribution in [0, 0.1) is 0 Å². The average Bonchev–Trinajstić information content (AvgIpc) is 3.89. The van der Waals surface area contributed by atoms with E-state index in [0.717, 1.165) is 49.4 Å². The number of rotatable bonds is 11. The van der Waals surface area contributed by atoms with Gasteiger partial charge >= 0.3 is 5.69 Å². The summed E-state index contributed by atoms with van der Waals surface area (Å²) in [7, 11) is 0. The maximum absolute atomic E-state index is 12.8. The molecule has 48 heavy (non-hydrogen) atoms. The second-order valence-corrected chi connectivity index (χ2v) is 12.9. The van der Waals surface area contributed by atoms with Gasteiger partial charge in [0, 0.05) is 29.4 Å². The van der Waals surface area contributed by atoms with Gasteiger partial charge in [0.1, 0.15) is 31.3 Å². The van der Waals surface area contributed by atoms with E-state index in [0.29, 0.717) is 24.2 Å². The van der Waals surface area contributed by atoms with Crippen LogP contribution in [0.15, 0.2) is 96.3 Å². The van der Waals surface area contributed by atoms with Gasteiger partial charge in [0.05, 0.1) is 30.7 Å². The van der Waals surface area contributed by atoms with Gasteiger partial charge in [-0.1, -0.05) is 48.9 Å². The molecule has 0 bridgehead atoms. The maximum atomic E-state index is 12.8. The van der Waals surface area contributed by atoms with Crippen molar-refractivity contribution in [3.8, 4) is 11.4 Å². The summed E-state index contributed by atoms with van der Waals surface area (Å²) in [5, 5.41) is 13.4. The number of aromatic nitrogens is 6. The molecule has 0 aliphatic carbocycles. The van der Waals surface area contributed by atoms with Crippen LogP contribution in [0.4, 0.5) is 5.69 Å². The van der Waals surface area contributed by atoms with Gasteiger partial charge in [-0.2, -0.15) is 20.1 Å². The predicted octanol–water partition coefficient (Wildman–Crippen LogP) is 5.98. The lowest BCUT2D eigenvalue weighted by molar-refractivity contribution is -0.192. The SMILES string of the molecule is CCC(C)n1ncn(-c2ccc(N3CCC(c4ccc(OC[C@@H]5CO[C@@](Cn6nccn6)(c6ccccc6Cl)O5)cc4)CC3)cc2)c1=O. The first-order chi connectivity index (χ1) is 23.4. The Bertz CT molecular complexity index is 1850. The highest BCUT2D eigenvalue weighted by atomic mass is 35.5. The van der Waals surface area contributed by atoms with Crippen molar-refractivity contribution in [1.29, 1.82) is 0 Å². The fraction of sp³-hybridized carbons (Fsp3) is 0.389.